The fraction of sp³-hybridized carbons (Fsp3) is 0.579. The van der Waals surface area contributed by atoms with Gasteiger partial charge in [-0.1, -0.05) is 44.2 Å². The van der Waals surface area contributed by atoms with Crippen molar-refractivity contribution in [2.45, 2.75) is 33.6 Å². The molecule has 1 aromatic carbocycles. The van der Waals surface area contributed by atoms with Gasteiger partial charge in [0.15, 0.2) is 0 Å². The van der Waals surface area contributed by atoms with Gasteiger partial charge in [-0.2, -0.15) is 0 Å². The van der Waals surface area contributed by atoms with Crippen LogP contribution in [0.3, 0.4) is 0 Å². The second kappa shape index (κ2) is 11.6. The van der Waals surface area contributed by atoms with Crippen molar-refractivity contribution in [3.8, 4) is 0 Å². The monoisotopic (exact) mass is 334 g/mol. The SMILES string of the molecule is CCOC(=O)CCN(CCN(CC)CC)C(=O)Cc1ccccc1. The Morgan fingerprint density at radius 1 is 0.958 bits per heavy atom. The van der Waals surface area contributed by atoms with E-state index in [1.54, 1.807) is 11.8 Å². The van der Waals surface area contributed by atoms with Gasteiger partial charge < -0.3 is 14.5 Å². The number of ether oxygens (including phenoxy) is 1. The Morgan fingerprint density at radius 2 is 1.62 bits per heavy atom. The largest absolute Gasteiger partial charge is 0.466 e. The Balaban J connectivity index is 2.64. The number of amides is 1. The van der Waals surface area contributed by atoms with Crippen molar-refractivity contribution in [2.24, 2.45) is 0 Å². The van der Waals surface area contributed by atoms with Gasteiger partial charge >= 0.3 is 5.97 Å². The van der Waals surface area contributed by atoms with E-state index in [-0.39, 0.29) is 18.3 Å². The molecule has 0 unspecified atom stereocenters. The zero-order valence-corrected chi connectivity index (χ0v) is 15.2. The van der Waals surface area contributed by atoms with E-state index < -0.39 is 0 Å². The van der Waals surface area contributed by atoms with Crippen LogP contribution < -0.4 is 0 Å². The minimum Gasteiger partial charge on any atom is -0.466 e. The highest BCUT2D eigenvalue weighted by Crippen LogP contribution is 2.05. The molecule has 134 valence electrons. The zero-order valence-electron chi connectivity index (χ0n) is 15.2. The van der Waals surface area contributed by atoms with Crippen LogP contribution in [0.4, 0.5) is 0 Å². The van der Waals surface area contributed by atoms with Crippen LogP contribution in [0.2, 0.25) is 0 Å². The van der Waals surface area contributed by atoms with Gasteiger partial charge in [-0.25, -0.2) is 0 Å². The minimum absolute atomic E-state index is 0.0534. The number of carbonyl (C=O) groups excluding carboxylic acids is 2. The number of esters is 1. The van der Waals surface area contributed by atoms with Crippen LogP contribution >= 0.6 is 0 Å². The molecule has 0 fully saturated rings. The summed E-state index contributed by atoms with van der Waals surface area (Å²) >= 11 is 0. The molecule has 1 amide bonds. The van der Waals surface area contributed by atoms with Crippen molar-refractivity contribution in [1.82, 2.24) is 9.80 Å². The Kier molecular flexibility index (Phi) is 9.77. The van der Waals surface area contributed by atoms with Gasteiger partial charge in [0.2, 0.25) is 5.91 Å². The number of hydrogen-bond donors (Lipinski definition) is 0. The van der Waals surface area contributed by atoms with E-state index in [0.717, 1.165) is 25.2 Å². The third-order valence-electron chi connectivity index (χ3n) is 4.02. The average molecular weight is 334 g/mol. The highest BCUT2D eigenvalue weighted by atomic mass is 16.5. The lowest BCUT2D eigenvalue weighted by atomic mass is 10.1. The number of carbonyl (C=O) groups is 2. The Bertz CT molecular complexity index is 487. The molecule has 0 atom stereocenters. The van der Waals surface area contributed by atoms with E-state index in [0.29, 0.717) is 26.1 Å². The van der Waals surface area contributed by atoms with E-state index >= 15 is 0 Å². The van der Waals surface area contributed by atoms with Crippen molar-refractivity contribution in [3.63, 3.8) is 0 Å². The number of nitrogens with zero attached hydrogens (tertiary/aromatic N) is 2. The highest BCUT2D eigenvalue weighted by Gasteiger charge is 2.16. The van der Waals surface area contributed by atoms with Crippen LogP contribution in [0.1, 0.15) is 32.8 Å². The molecule has 0 saturated heterocycles. The predicted octanol–water partition coefficient (Wildman–Crippen LogP) is 2.35. The molecule has 5 nitrogen and oxygen atoms in total. The van der Waals surface area contributed by atoms with E-state index in [9.17, 15) is 9.59 Å². The van der Waals surface area contributed by atoms with Crippen molar-refractivity contribution in [1.29, 1.82) is 0 Å². The van der Waals surface area contributed by atoms with Crippen molar-refractivity contribution in [2.75, 3.05) is 39.3 Å². The van der Waals surface area contributed by atoms with E-state index in [2.05, 4.69) is 18.7 Å². The van der Waals surface area contributed by atoms with E-state index in [4.69, 9.17) is 4.74 Å². The smallest absolute Gasteiger partial charge is 0.307 e. The van der Waals surface area contributed by atoms with Crippen molar-refractivity contribution in [3.05, 3.63) is 35.9 Å². The molecule has 0 radical (unpaired) electrons. The van der Waals surface area contributed by atoms with Crippen LogP contribution in [0.5, 0.6) is 0 Å². The van der Waals surface area contributed by atoms with Crippen molar-refractivity contribution < 1.29 is 14.3 Å². The fourth-order valence-electron chi connectivity index (χ4n) is 2.50. The maximum atomic E-state index is 12.6. The van der Waals surface area contributed by atoms with Gasteiger partial charge in [0.05, 0.1) is 19.4 Å². The molecular formula is C19H30N2O3. The normalized spacial score (nSPS) is 10.7. The summed E-state index contributed by atoms with van der Waals surface area (Å²) in [5.74, 6) is -0.199. The second-order valence-electron chi connectivity index (χ2n) is 5.63. The number of hydrogen-bond acceptors (Lipinski definition) is 4. The average Bonchev–Trinajstić information content (AvgIpc) is 2.59. The molecule has 0 aliphatic heterocycles. The molecule has 0 aliphatic carbocycles. The molecule has 1 rings (SSSR count). The van der Waals surface area contributed by atoms with Gasteiger partial charge in [-0.05, 0) is 25.6 Å². The van der Waals surface area contributed by atoms with Gasteiger partial charge in [-0.15, -0.1) is 0 Å². The summed E-state index contributed by atoms with van der Waals surface area (Å²) in [4.78, 5) is 28.3. The molecule has 5 heteroatoms. The molecule has 0 N–H and O–H groups in total. The van der Waals surface area contributed by atoms with Crippen LogP contribution in [0.25, 0.3) is 0 Å². The van der Waals surface area contributed by atoms with E-state index in [1.165, 1.54) is 0 Å². The molecule has 0 bridgehead atoms. The lowest BCUT2D eigenvalue weighted by Gasteiger charge is -2.26. The van der Waals surface area contributed by atoms with Gasteiger partial charge in [0.1, 0.15) is 0 Å². The molecule has 24 heavy (non-hydrogen) atoms. The first kappa shape index (κ1) is 20.2. The molecule has 1 aromatic rings. The lowest BCUT2D eigenvalue weighted by Crippen LogP contribution is -2.40. The minimum atomic E-state index is -0.252. The number of likely N-dealkylation sites (N-methyl/N-ethyl adjacent to an activating group) is 1. The molecule has 0 spiro atoms. The summed E-state index contributed by atoms with van der Waals surface area (Å²) in [7, 11) is 0. The third-order valence-corrected chi connectivity index (χ3v) is 4.02. The Labute approximate surface area is 145 Å². The first-order valence-electron chi connectivity index (χ1n) is 8.80. The third kappa shape index (κ3) is 7.59. The summed E-state index contributed by atoms with van der Waals surface area (Å²) in [6.45, 7) is 10.1. The van der Waals surface area contributed by atoms with E-state index in [1.807, 2.05) is 30.3 Å². The maximum Gasteiger partial charge on any atom is 0.307 e. The second-order valence-corrected chi connectivity index (χ2v) is 5.63. The summed E-state index contributed by atoms with van der Waals surface area (Å²) in [6, 6.07) is 9.70. The topological polar surface area (TPSA) is 49.9 Å². The number of rotatable bonds is 11. The zero-order chi connectivity index (χ0) is 17.8. The lowest BCUT2D eigenvalue weighted by molar-refractivity contribution is -0.144. The van der Waals surface area contributed by atoms with Gasteiger partial charge in [-0.3, -0.25) is 9.59 Å². The maximum absolute atomic E-state index is 12.6. The molecule has 0 aromatic heterocycles. The highest BCUT2D eigenvalue weighted by molar-refractivity contribution is 5.79. The molecule has 0 saturated carbocycles. The summed E-state index contributed by atoms with van der Waals surface area (Å²) in [5, 5.41) is 0. The van der Waals surface area contributed by atoms with Crippen LogP contribution in [0, 0.1) is 0 Å². The van der Waals surface area contributed by atoms with Crippen LogP contribution in [0.15, 0.2) is 30.3 Å². The standard InChI is InChI=1S/C19H30N2O3/c1-4-20(5-2)14-15-21(13-12-19(23)24-6-3)18(22)16-17-10-8-7-9-11-17/h7-11H,4-6,12-16H2,1-3H3. The first-order chi connectivity index (χ1) is 11.6. The molecular weight excluding hydrogens is 304 g/mol. The summed E-state index contributed by atoms with van der Waals surface area (Å²) < 4.78 is 4.97. The Hall–Kier alpha value is -1.88. The van der Waals surface area contributed by atoms with Crippen LogP contribution in [-0.4, -0.2) is 61.0 Å². The van der Waals surface area contributed by atoms with Crippen molar-refractivity contribution >= 4 is 11.9 Å². The molecule has 0 aliphatic rings. The summed E-state index contributed by atoms with van der Waals surface area (Å²) in [6.07, 6.45) is 0.606. The first-order valence-corrected chi connectivity index (χ1v) is 8.80. The fourth-order valence-corrected chi connectivity index (χ4v) is 2.50. The molecule has 0 heterocycles. The van der Waals surface area contributed by atoms with Gasteiger partial charge in [0.25, 0.3) is 0 Å². The quantitative estimate of drug-likeness (QED) is 0.583. The summed E-state index contributed by atoms with van der Waals surface area (Å²) in [5.41, 5.74) is 0.992. The number of benzene rings is 1. The van der Waals surface area contributed by atoms with Crippen LogP contribution in [-0.2, 0) is 20.7 Å². The predicted molar refractivity (Wildman–Crippen MR) is 95.8 cm³/mol. The Morgan fingerprint density at radius 3 is 2.21 bits per heavy atom. The van der Waals surface area contributed by atoms with Gasteiger partial charge in [0, 0.05) is 19.6 Å².